The number of hydrogen-bond acceptors (Lipinski definition) is 5. The summed E-state index contributed by atoms with van der Waals surface area (Å²) in [7, 11) is 0. The quantitative estimate of drug-likeness (QED) is 0.595. The number of hydrogen-bond donors (Lipinski definition) is 1. The van der Waals surface area contributed by atoms with Crippen LogP contribution in [0.3, 0.4) is 0 Å². The number of pyridine rings is 1. The number of ether oxygens (including phenoxy) is 2. The van der Waals surface area contributed by atoms with Gasteiger partial charge in [-0.1, -0.05) is 0 Å². The molecule has 3 aromatic rings. The summed E-state index contributed by atoms with van der Waals surface area (Å²) in [5.74, 6) is 0.0171. The average Bonchev–Trinajstić information content (AvgIpc) is 3.50. The second kappa shape index (κ2) is 8.50. The zero-order valence-corrected chi connectivity index (χ0v) is 19.2. The van der Waals surface area contributed by atoms with Crippen molar-refractivity contribution in [3.8, 4) is 11.1 Å². The van der Waals surface area contributed by atoms with Crippen molar-refractivity contribution in [1.29, 1.82) is 0 Å². The average molecular weight is 453 g/mol. The maximum atomic E-state index is 14.7. The van der Waals surface area contributed by atoms with Crippen molar-refractivity contribution in [2.75, 3.05) is 6.61 Å². The summed E-state index contributed by atoms with van der Waals surface area (Å²) in [5.41, 5.74) is 2.16. The van der Waals surface area contributed by atoms with Crippen LogP contribution in [0, 0.1) is 12.7 Å². The molecule has 33 heavy (non-hydrogen) atoms. The molecule has 8 heteroatoms. The summed E-state index contributed by atoms with van der Waals surface area (Å²) in [6, 6.07) is 7.00. The number of nitrogens with zero attached hydrogens (tertiary/aromatic N) is 3. The Morgan fingerprint density at radius 2 is 2.03 bits per heavy atom. The second-order valence-corrected chi connectivity index (χ2v) is 9.47. The highest BCUT2D eigenvalue weighted by Gasteiger charge is 2.32. The van der Waals surface area contributed by atoms with Gasteiger partial charge in [0, 0.05) is 24.4 Å². The van der Waals surface area contributed by atoms with E-state index in [-0.39, 0.29) is 18.2 Å². The van der Waals surface area contributed by atoms with Crippen molar-refractivity contribution < 1.29 is 18.7 Å². The molecule has 1 aliphatic carbocycles. The maximum absolute atomic E-state index is 14.7. The molecule has 0 radical (unpaired) electrons. The first-order valence-electron chi connectivity index (χ1n) is 11.6. The standard InChI is InChI=1S/C25H29FN4O3/c1-15-19(12-17(13-20(15)26)23(31)27-18-7-8-18)16-9-10-30-21(14-16)28-29-24(30)25(2,3)33-22-6-4-5-11-32-22/h9-10,12-14,18,22H,4-8,11H2,1-3H3,(H,27,31). The number of rotatable bonds is 6. The fourth-order valence-corrected chi connectivity index (χ4v) is 4.26. The molecule has 3 heterocycles. The van der Waals surface area contributed by atoms with E-state index < -0.39 is 11.4 Å². The number of halogens is 1. The van der Waals surface area contributed by atoms with Gasteiger partial charge >= 0.3 is 0 Å². The Kier molecular flexibility index (Phi) is 5.66. The predicted molar refractivity (Wildman–Crippen MR) is 121 cm³/mol. The van der Waals surface area contributed by atoms with E-state index >= 15 is 0 Å². The van der Waals surface area contributed by atoms with E-state index in [1.807, 2.05) is 36.6 Å². The molecular weight excluding hydrogens is 423 g/mol. The van der Waals surface area contributed by atoms with E-state index in [4.69, 9.17) is 9.47 Å². The molecule has 5 rings (SSSR count). The molecule has 1 atom stereocenters. The monoisotopic (exact) mass is 452 g/mol. The van der Waals surface area contributed by atoms with Gasteiger partial charge in [-0.05, 0) is 93.8 Å². The van der Waals surface area contributed by atoms with Crippen LogP contribution in [0.1, 0.15) is 67.7 Å². The number of carbonyl (C=O) groups excluding carboxylic acids is 1. The van der Waals surface area contributed by atoms with Crippen molar-refractivity contribution >= 4 is 11.6 Å². The lowest BCUT2D eigenvalue weighted by Gasteiger charge is -2.31. The Balaban J connectivity index is 1.46. The van der Waals surface area contributed by atoms with Crippen LogP contribution in [-0.4, -0.2) is 39.4 Å². The fraction of sp³-hybridized carbons (Fsp3) is 0.480. The zero-order chi connectivity index (χ0) is 23.2. The lowest BCUT2D eigenvalue weighted by Crippen LogP contribution is -2.33. The third-order valence-corrected chi connectivity index (χ3v) is 6.34. The lowest BCUT2D eigenvalue weighted by molar-refractivity contribution is -0.221. The SMILES string of the molecule is Cc1c(F)cc(C(=O)NC2CC2)cc1-c1ccn2c(C(C)(C)OC3CCCCO3)nnc2c1. The molecule has 1 unspecified atom stereocenters. The number of amides is 1. The largest absolute Gasteiger partial charge is 0.353 e. The van der Waals surface area contributed by atoms with Gasteiger partial charge in [-0.3, -0.25) is 9.20 Å². The van der Waals surface area contributed by atoms with Crippen LogP contribution in [0.25, 0.3) is 16.8 Å². The number of carbonyl (C=O) groups is 1. The molecule has 1 saturated carbocycles. The minimum atomic E-state index is -0.703. The van der Waals surface area contributed by atoms with Crippen LogP contribution < -0.4 is 5.32 Å². The van der Waals surface area contributed by atoms with Crippen molar-refractivity contribution in [2.24, 2.45) is 0 Å². The molecule has 1 amide bonds. The summed E-state index contributed by atoms with van der Waals surface area (Å²) in [5, 5.41) is 11.6. The Bertz CT molecular complexity index is 1200. The van der Waals surface area contributed by atoms with Crippen LogP contribution in [-0.2, 0) is 15.1 Å². The Hall–Kier alpha value is -2.84. The van der Waals surface area contributed by atoms with Crippen LogP contribution >= 0.6 is 0 Å². The highest BCUT2D eigenvalue weighted by Crippen LogP contribution is 2.32. The molecule has 1 aromatic carbocycles. The number of benzene rings is 1. The molecule has 1 aliphatic heterocycles. The fourth-order valence-electron chi connectivity index (χ4n) is 4.26. The van der Waals surface area contributed by atoms with Crippen molar-refractivity contribution in [1.82, 2.24) is 19.9 Å². The van der Waals surface area contributed by atoms with Crippen LogP contribution in [0.4, 0.5) is 4.39 Å². The topological polar surface area (TPSA) is 77.8 Å². The van der Waals surface area contributed by atoms with Gasteiger partial charge in [-0.15, -0.1) is 10.2 Å². The molecule has 1 saturated heterocycles. The molecule has 174 valence electrons. The summed E-state index contributed by atoms with van der Waals surface area (Å²) in [4.78, 5) is 12.5. The predicted octanol–water partition coefficient (Wildman–Crippen LogP) is 4.51. The Morgan fingerprint density at radius 1 is 1.21 bits per heavy atom. The Morgan fingerprint density at radius 3 is 2.76 bits per heavy atom. The lowest BCUT2D eigenvalue weighted by atomic mass is 9.97. The van der Waals surface area contributed by atoms with E-state index in [1.54, 1.807) is 13.0 Å². The summed E-state index contributed by atoms with van der Waals surface area (Å²) in [6.45, 7) is 6.33. The van der Waals surface area contributed by atoms with Gasteiger partial charge in [0.1, 0.15) is 11.4 Å². The third-order valence-electron chi connectivity index (χ3n) is 6.34. The summed E-state index contributed by atoms with van der Waals surface area (Å²) in [6.07, 6.45) is 6.56. The second-order valence-electron chi connectivity index (χ2n) is 9.47. The van der Waals surface area contributed by atoms with Crippen molar-refractivity contribution in [2.45, 2.75) is 70.8 Å². The first-order valence-corrected chi connectivity index (χ1v) is 11.6. The van der Waals surface area contributed by atoms with Crippen LogP contribution in [0.5, 0.6) is 0 Å². The summed E-state index contributed by atoms with van der Waals surface area (Å²) < 4.78 is 28.5. The van der Waals surface area contributed by atoms with Gasteiger partial charge in [-0.25, -0.2) is 4.39 Å². The molecule has 2 fully saturated rings. The van der Waals surface area contributed by atoms with E-state index in [9.17, 15) is 9.18 Å². The molecule has 0 bridgehead atoms. The first-order chi connectivity index (χ1) is 15.8. The number of aromatic nitrogens is 3. The minimum absolute atomic E-state index is 0.209. The number of fused-ring (bicyclic) bond motifs is 1. The van der Waals surface area contributed by atoms with Gasteiger partial charge in [0.2, 0.25) is 0 Å². The maximum Gasteiger partial charge on any atom is 0.251 e. The first kappa shape index (κ1) is 22.0. The zero-order valence-electron chi connectivity index (χ0n) is 19.2. The smallest absolute Gasteiger partial charge is 0.251 e. The van der Waals surface area contributed by atoms with E-state index in [0.29, 0.717) is 34.8 Å². The summed E-state index contributed by atoms with van der Waals surface area (Å²) >= 11 is 0. The molecule has 2 aromatic heterocycles. The molecule has 2 aliphatic rings. The van der Waals surface area contributed by atoms with Gasteiger partial charge in [0.05, 0.1) is 0 Å². The van der Waals surface area contributed by atoms with Crippen LogP contribution in [0.15, 0.2) is 30.5 Å². The molecule has 1 N–H and O–H groups in total. The van der Waals surface area contributed by atoms with Crippen molar-refractivity contribution in [3.63, 3.8) is 0 Å². The van der Waals surface area contributed by atoms with Gasteiger partial charge < -0.3 is 14.8 Å². The van der Waals surface area contributed by atoms with Gasteiger partial charge in [0.25, 0.3) is 5.91 Å². The van der Waals surface area contributed by atoms with Crippen molar-refractivity contribution in [3.05, 3.63) is 53.2 Å². The van der Waals surface area contributed by atoms with Gasteiger partial charge in [0.15, 0.2) is 17.8 Å². The minimum Gasteiger partial charge on any atom is -0.353 e. The molecule has 7 nitrogen and oxygen atoms in total. The molecule has 0 spiro atoms. The van der Waals surface area contributed by atoms with E-state index in [2.05, 4.69) is 15.5 Å². The number of nitrogens with one attached hydrogen (secondary N) is 1. The normalized spacial score (nSPS) is 19.1. The Labute approximate surface area is 192 Å². The van der Waals surface area contributed by atoms with Crippen LogP contribution in [0.2, 0.25) is 0 Å². The van der Waals surface area contributed by atoms with Gasteiger partial charge in [-0.2, -0.15) is 0 Å². The molecular formula is C25H29FN4O3. The third kappa shape index (κ3) is 4.50. The highest BCUT2D eigenvalue weighted by molar-refractivity contribution is 5.96. The highest BCUT2D eigenvalue weighted by atomic mass is 19.1. The van der Waals surface area contributed by atoms with E-state index in [0.717, 1.165) is 37.7 Å². The van der Waals surface area contributed by atoms with E-state index in [1.165, 1.54) is 6.07 Å².